The third-order valence-corrected chi connectivity index (χ3v) is 4.77. The van der Waals surface area contributed by atoms with Crippen LogP contribution in [0.15, 0.2) is 0 Å². The molecular formula is C15H26O. The SMILES string of the molecule is CCC1CCCC(CC(=O)C2CCCC2)C1. The highest BCUT2D eigenvalue weighted by Gasteiger charge is 2.27. The van der Waals surface area contributed by atoms with Gasteiger partial charge in [0.1, 0.15) is 5.78 Å². The highest BCUT2D eigenvalue weighted by atomic mass is 16.1. The van der Waals surface area contributed by atoms with Gasteiger partial charge >= 0.3 is 0 Å². The van der Waals surface area contributed by atoms with E-state index in [4.69, 9.17) is 0 Å². The molecule has 92 valence electrons. The van der Waals surface area contributed by atoms with Crippen molar-refractivity contribution in [3.63, 3.8) is 0 Å². The first-order valence-electron chi connectivity index (χ1n) is 7.32. The number of hydrogen-bond acceptors (Lipinski definition) is 1. The minimum Gasteiger partial charge on any atom is -0.299 e. The molecule has 2 fully saturated rings. The quantitative estimate of drug-likeness (QED) is 0.691. The van der Waals surface area contributed by atoms with Crippen LogP contribution in [-0.4, -0.2) is 5.78 Å². The van der Waals surface area contributed by atoms with Crippen molar-refractivity contribution < 1.29 is 4.79 Å². The maximum Gasteiger partial charge on any atom is 0.136 e. The fourth-order valence-corrected chi connectivity index (χ4v) is 3.66. The molecule has 0 aliphatic heterocycles. The zero-order valence-electron chi connectivity index (χ0n) is 10.7. The van der Waals surface area contributed by atoms with Crippen molar-refractivity contribution in [2.75, 3.05) is 0 Å². The monoisotopic (exact) mass is 222 g/mol. The summed E-state index contributed by atoms with van der Waals surface area (Å²) in [5.74, 6) is 2.68. The molecule has 0 amide bonds. The first-order valence-corrected chi connectivity index (χ1v) is 7.32. The largest absolute Gasteiger partial charge is 0.299 e. The van der Waals surface area contributed by atoms with Crippen LogP contribution in [0, 0.1) is 17.8 Å². The molecule has 2 unspecified atom stereocenters. The zero-order valence-corrected chi connectivity index (χ0v) is 10.7. The third kappa shape index (κ3) is 3.09. The van der Waals surface area contributed by atoms with Gasteiger partial charge in [0.15, 0.2) is 0 Å². The molecule has 0 N–H and O–H groups in total. The molecule has 0 spiro atoms. The number of carbonyl (C=O) groups is 1. The molecule has 0 aromatic heterocycles. The van der Waals surface area contributed by atoms with Crippen molar-refractivity contribution in [1.29, 1.82) is 0 Å². The minimum absolute atomic E-state index is 0.446. The van der Waals surface area contributed by atoms with E-state index >= 15 is 0 Å². The lowest BCUT2D eigenvalue weighted by Crippen LogP contribution is -2.21. The Morgan fingerprint density at radius 1 is 1.00 bits per heavy atom. The molecule has 0 aromatic carbocycles. The van der Waals surface area contributed by atoms with Crippen molar-refractivity contribution in [2.45, 2.75) is 71.1 Å². The predicted octanol–water partition coefficient (Wildman–Crippen LogP) is 4.35. The third-order valence-electron chi connectivity index (χ3n) is 4.77. The van der Waals surface area contributed by atoms with Crippen LogP contribution < -0.4 is 0 Å². The molecule has 2 saturated carbocycles. The Morgan fingerprint density at radius 2 is 1.69 bits per heavy atom. The van der Waals surface area contributed by atoms with E-state index in [0.29, 0.717) is 11.7 Å². The second kappa shape index (κ2) is 5.84. The highest BCUT2D eigenvalue weighted by molar-refractivity contribution is 5.81. The Labute approximate surface area is 100.0 Å². The standard InChI is InChI=1S/C15H26O/c1-2-12-6-5-7-13(10-12)11-15(16)14-8-3-4-9-14/h12-14H,2-11H2,1H3. The summed E-state index contributed by atoms with van der Waals surface area (Å²) in [6.45, 7) is 2.30. The Balaban J connectivity index is 1.77. The minimum atomic E-state index is 0.446. The lowest BCUT2D eigenvalue weighted by atomic mass is 9.77. The second-order valence-electron chi connectivity index (χ2n) is 5.96. The number of carbonyl (C=O) groups excluding carboxylic acids is 1. The van der Waals surface area contributed by atoms with Crippen LogP contribution in [-0.2, 0) is 4.79 Å². The molecule has 0 saturated heterocycles. The van der Waals surface area contributed by atoms with Gasteiger partial charge in [0, 0.05) is 12.3 Å². The highest BCUT2D eigenvalue weighted by Crippen LogP contribution is 2.35. The van der Waals surface area contributed by atoms with Crippen LogP contribution in [0.25, 0.3) is 0 Å². The zero-order chi connectivity index (χ0) is 11.4. The first-order chi connectivity index (χ1) is 7.79. The first kappa shape index (κ1) is 12.1. The number of ketones is 1. The number of Topliss-reactive ketones (excluding diaryl/α,β-unsaturated/α-hetero) is 1. The van der Waals surface area contributed by atoms with Gasteiger partial charge in [-0.1, -0.05) is 45.4 Å². The molecule has 2 aliphatic rings. The summed E-state index contributed by atoms with van der Waals surface area (Å²) >= 11 is 0. The number of hydrogen-bond donors (Lipinski definition) is 0. The lowest BCUT2D eigenvalue weighted by molar-refractivity contribution is -0.123. The van der Waals surface area contributed by atoms with E-state index in [1.807, 2.05) is 0 Å². The summed E-state index contributed by atoms with van der Waals surface area (Å²) in [5.41, 5.74) is 0. The van der Waals surface area contributed by atoms with E-state index in [-0.39, 0.29) is 0 Å². The average molecular weight is 222 g/mol. The Bertz CT molecular complexity index is 228. The summed E-state index contributed by atoms with van der Waals surface area (Å²) < 4.78 is 0. The topological polar surface area (TPSA) is 17.1 Å². The fourth-order valence-electron chi connectivity index (χ4n) is 3.66. The molecule has 0 aromatic rings. The van der Waals surface area contributed by atoms with Crippen LogP contribution in [0.4, 0.5) is 0 Å². The average Bonchev–Trinajstić information content (AvgIpc) is 2.83. The smallest absolute Gasteiger partial charge is 0.136 e. The van der Waals surface area contributed by atoms with E-state index < -0.39 is 0 Å². The van der Waals surface area contributed by atoms with Gasteiger partial charge < -0.3 is 0 Å². The molecular weight excluding hydrogens is 196 g/mol. The van der Waals surface area contributed by atoms with Crippen LogP contribution in [0.1, 0.15) is 71.1 Å². The summed E-state index contributed by atoms with van der Waals surface area (Å²) in [4.78, 5) is 12.1. The van der Waals surface area contributed by atoms with Gasteiger partial charge in [0.25, 0.3) is 0 Å². The molecule has 2 rings (SSSR count). The van der Waals surface area contributed by atoms with E-state index in [1.54, 1.807) is 0 Å². The van der Waals surface area contributed by atoms with Gasteiger partial charge in [-0.05, 0) is 31.1 Å². The van der Waals surface area contributed by atoms with Gasteiger partial charge in [0.05, 0.1) is 0 Å². The van der Waals surface area contributed by atoms with Crippen molar-refractivity contribution in [3.8, 4) is 0 Å². The van der Waals surface area contributed by atoms with Gasteiger partial charge in [-0.2, -0.15) is 0 Å². The van der Waals surface area contributed by atoms with Crippen molar-refractivity contribution in [1.82, 2.24) is 0 Å². The summed E-state index contributed by atoms with van der Waals surface area (Å²) in [6, 6.07) is 0. The van der Waals surface area contributed by atoms with Gasteiger partial charge in [-0.15, -0.1) is 0 Å². The van der Waals surface area contributed by atoms with Crippen LogP contribution in [0.3, 0.4) is 0 Å². The Kier molecular flexibility index (Phi) is 4.43. The molecule has 16 heavy (non-hydrogen) atoms. The summed E-state index contributed by atoms with van der Waals surface area (Å²) in [5, 5.41) is 0. The van der Waals surface area contributed by atoms with Crippen molar-refractivity contribution in [3.05, 3.63) is 0 Å². The predicted molar refractivity (Wildman–Crippen MR) is 67.3 cm³/mol. The van der Waals surface area contributed by atoms with Crippen molar-refractivity contribution in [2.24, 2.45) is 17.8 Å². The molecule has 1 heteroatoms. The van der Waals surface area contributed by atoms with E-state index in [2.05, 4.69) is 6.92 Å². The van der Waals surface area contributed by atoms with Crippen LogP contribution >= 0.6 is 0 Å². The maximum absolute atomic E-state index is 12.1. The molecule has 2 atom stereocenters. The second-order valence-corrected chi connectivity index (χ2v) is 5.96. The molecule has 0 bridgehead atoms. The molecule has 2 aliphatic carbocycles. The van der Waals surface area contributed by atoms with E-state index in [1.165, 1.54) is 57.8 Å². The van der Waals surface area contributed by atoms with Crippen LogP contribution in [0.5, 0.6) is 0 Å². The van der Waals surface area contributed by atoms with E-state index in [0.717, 1.165) is 18.3 Å². The van der Waals surface area contributed by atoms with Gasteiger partial charge in [0.2, 0.25) is 0 Å². The molecule has 0 heterocycles. The Morgan fingerprint density at radius 3 is 2.38 bits per heavy atom. The summed E-state index contributed by atoms with van der Waals surface area (Å²) in [7, 11) is 0. The maximum atomic E-state index is 12.1. The van der Waals surface area contributed by atoms with E-state index in [9.17, 15) is 4.79 Å². The Hall–Kier alpha value is -0.330. The molecule has 0 radical (unpaired) electrons. The lowest BCUT2D eigenvalue weighted by Gasteiger charge is -2.28. The molecule has 1 nitrogen and oxygen atoms in total. The normalized spacial score (nSPS) is 31.8. The van der Waals surface area contributed by atoms with Gasteiger partial charge in [-0.3, -0.25) is 4.79 Å². The summed E-state index contributed by atoms with van der Waals surface area (Å²) in [6.07, 6.45) is 12.6. The van der Waals surface area contributed by atoms with Crippen molar-refractivity contribution >= 4 is 5.78 Å². The van der Waals surface area contributed by atoms with Gasteiger partial charge in [-0.25, -0.2) is 0 Å². The fraction of sp³-hybridized carbons (Fsp3) is 0.933. The van der Waals surface area contributed by atoms with Crippen LogP contribution in [0.2, 0.25) is 0 Å². The number of rotatable bonds is 4.